The van der Waals surface area contributed by atoms with Gasteiger partial charge in [-0.15, -0.1) is 0 Å². The molecule has 0 radical (unpaired) electrons. The first kappa shape index (κ1) is 16.1. The van der Waals surface area contributed by atoms with E-state index >= 15 is 0 Å². The van der Waals surface area contributed by atoms with Crippen molar-refractivity contribution in [2.45, 2.75) is 26.2 Å². The second-order valence-corrected chi connectivity index (χ2v) is 7.29. The van der Waals surface area contributed by atoms with Crippen LogP contribution < -0.4 is 11.3 Å². The molecule has 2 aromatic heterocycles. The van der Waals surface area contributed by atoms with Crippen LogP contribution in [-0.2, 0) is 5.41 Å². The van der Waals surface area contributed by atoms with Crippen LogP contribution in [0.25, 0.3) is 15.5 Å². The van der Waals surface area contributed by atoms with Gasteiger partial charge in [-0.2, -0.15) is 14.6 Å². The summed E-state index contributed by atoms with van der Waals surface area (Å²) in [5, 5.41) is 15.6. The van der Waals surface area contributed by atoms with E-state index in [9.17, 15) is 14.9 Å². The lowest BCUT2D eigenvalue weighted by Crippen LogP contribution is -2.20. The molecule has 0 saturated carbocycles. The summed E-state index contributed by atoms with van der Waals surface area (Å²) < 4.78 is 0.923. The van der Waals surface area contributed by atoms with Crippen molar-refractivity contribution in [3.8, 4) is 10.6 Å². The van der Waals surface area contributed by atoms with Crippen LogP contribution >= 0.6 is 11.3 Å². The van der Waals surface area contributed by atoms with E-state index in [2.05, 4.69) is 30.9 Å². The molecule has 124 valence electrons. The van der Waals surface area contributed by atoms with Gasteiger partial charge in [0, 0.05) is 5.56 Å². The fourth-order valence-corrected chi connectivity index (χ4v) is 3.16. The third kappa shape index (κ3) is 2.62. The molecule has 1 aromatic carbocycles. The van der Waals surface area contributed by atoms with Crippen LogP contribution in [0, 0.1) is 10.1 Å². The molecule has 2 heterocycles. The van der Waals surface area contributed by atoms with Crippen molar-refractivity contribution in [1.82, 2.24) is 14.6 Å². The Hall–Kier alpha value is -2.81. The van der Waals surface area contributed by atoms with Gasteiger partial charge >= 0.3 is 11.2 Å². The molecule has 0 bridgehead atoms. The number of anilines is 1. The van der Waals surface area contributed by atoms with Crippen molar-refractivity contribution in [3.05, 3.63) is 50.3 Å². The number of nitrogen functional groups attached to an aromatic ring is 1. The van der Waals surface area contributed by atoms with Crippen LogP contribution in [0.3, 0.4) is 0 Å². The molecule has 0 aliphatic carbocycles. The summed E-state index contributed by atoms with van der Waals surface area (Å²) in [7, 11) is 0. The van der Waals surface area contributed by atoms with Crippen LogP contribution in [0.5, 0.6) is 0 Å². The molecule has 24 heavy (non-hydrogen) atoms. The van der Waals surface area contributed by atoms with Crippen LogP contribution in [0.1, 0.15) is 26.3 Å². The summed E-state index contributed by atoms with van der Waals surface area (Å²) in [4.78, 5) is 26.4. The molecule has 9 heteroatoms. The summed E-state index contributed by atoms with van der Waals surface area (Å²) in [6.07, 6.45) is 0. The van der Waals surface area contributed by atoms with Gasteiger partial charge in [0.2, 0.25) is 10.8 Å². The van der Waals surface area contributed by atoms with Gasteiger partial charge in [-0.25, -0.2) is 0 Å². The number of hydrogen-bond donors (Lipinski definition) is 1. The predicted molar refractivity (Wildman–Crippen MR) is 92.3 cm³/mol. The van der Waals surface area contributed by atoms with E-state index in [1.807, 2.05) is 24.3 Å². The molecule has 0 spiro atoms. The zero-order valence-electron chi connectivity index (χ0n) is 13.3. The van der Waals surface area contributed by atoms with E-state index in [4.69, 9.17) is 5.73 Å². The molecule has 0 atom stereocenters. The summed E-state index contributed by atoms with van der Waals surface area (Å²) in [5.41, 5.74) is 5.88. The number of fused-ring (bicyclic) bond motifs is 1. The number of nitro groups is 1. The van der Waals surface area contributed by atoms with E-state index in [0.717, 1.165) is 21.4 Å². The Morgan fingerprint density at radius 2 is 1.88 bits per heavy atom. The number of benzene rings is 1. The standard InChI is InChI=1S/C15H15N5O3S/c1-15(2,3)9-6-4-8(5-7-9)12-18-19-13(21)10(20(22)23)11(16)17-14(19)24-12/h4-7H,16H2,1-3H3. The fourth-order valence-electron chi connectivity index (χ4n) is 2.25. The van der Waals surface area contributed by atoms with E-state index < -0.39 is 22.0 Å². The Morgan fingerprint density at radius 1 is 1.25 bits per heavy atom. The topological polar surface area (TPSA) is 116 Å². The maximum Gasteiger partial charge on any atom is 0.377 e. The van der Waals surface area contributed by atoms with Crippen molar-refractivity contribution in [3.63, 3.8) is 0 Å². The summed E-state index contributed by atoms with van der Waals surface area (Å²) >= 11 is 1.15. The lowest BCUT2D eigenvalue weighted by molar-refractivity contribution is -0.385. The highest BCUT2D eigenvalue weighted by Gasteiger charge is 2.24. The van der Waals surface area contributed by atoms with E-state index in [-0.39, 0.29) is 10.4 Å². The largest absolute Gasteiger partial charge is 0.378 e. The van der Waals surface area contributed by atoms with Gasteiger partial charge in [-0.1, -0.05) is 56.4 Å². The van der Waals surface area contributed by atoms with Crippen molar-refractivity contribution in [2.75, 3.05) is 5.73 Å². The molecular formula is C15H15N5O3S. The second kappa shape index (κ2) is 5.38. The van der Waals surface area contributed by atoms with Crippen molar-refractivity contribution < 1.29 is 4.92 Å². The van der Waals surface area contributed by atoms with Crippen molar-refractivity contribution in [1.29, 1.82) is 0 Å². The van der Waals surface area contributed by atoms with E-state index in [1.165, 1.54) is 5.56 Å². The van der Waals surface area contributed by atoms with Crippen LogP contribution in [0.15, 0.2) is 29.1 Å². The molecule has 2 N–H and O–H groups in total. The normalized spacial score (nSPS) is 11.8. The SMILES string of the molecule is CC(C)(C)c1ccc(-c2nn3c(=O)c([N+](=O)[O-])c(N)nc3s2)cc1. The van der Waals surface area contributed by atoms with Crippen LogP contribution in [-0.4, -0.2) is 19.5 Å². The highest BCUT2D eigenvalue weighted by molar-refractivity contribution is 7.19. The van der Waals surface area contributed by atoms with Gasteiger partial charge in [0.25, 0.3) is 0 Å². The Bertz CT molecular complexity index is 999. The molecule has 0 amide bonds. The van der Waals surface area contributed by atoms with Gasteiger partial charge in [0.15, 0.2) is 0 Å². The van der Waals surface area contributed by atoms with E-state index in [1.54, 1.807) is 0 Å². The minimum Gasteiger partial charge on any atom is -0.378 e. The van der Waals surface area contributed by atoms with Crippen LogP contribution in [0.4, 0.5) is 11.5 Å². The van der Waals surface area contributed by atoms with Crippen molar-refractivity contribution >= 4 is 27.8 Å². The van der Waals surface area contributed by atoms with Gasteiger partial charge in [-0.3, -0.25) is 14.9 Å². The summed E-state index contributed by atoms with van der Waals surface area (Å²) in [6, 6.07) is 7.80. The lowest BCUT2D eigenvalue weighted by Gasteiger charge is -2.18. The monoisotopic (exact) mass is 345 g/mol. The first-order chi connectivity index (χ1) is 11.2. The average molecular weight is 345 g/mol. The maximum atomic E-state index is 12.2. The van der Waals surface area contributed by atoms with E-state index in [0.29, 0.717) is 5.01 Å². The van der Waals surface area contributed by atoms with Gasteiger partial charge in [-0.05, 0) is 11.0 Å². The Morgan fingerprint density at radius 3 is 2.42 bits per heavy atom. The minimum absolute atomic E-state index is 0.0275. The first-order valence-electron chi connectivity index (χ1n) is 7.13. The second-order valence-electron chi connectivity index (χ2n) is 6.34. The molecule has 0 saturated heterocycles. The third-order valence-electron chi connectivity index (χ3n) is 3.59. The Labute approximate surface area is 140 Å². The highest BCUT2D eigenvalue weighted by atomic mass is 32.1. The molecular weight excluding hydrogens is 330 g/mol. The fraction of sp³-hybridized carbons (Fsp3) is 0.267. The smallest absolute Gasteiger partial charge is 0.377 e. The molecule has 0 aliphatic heterocycles. The lowest BCUT2D eigenvalue weighted by atomic mass is 9.87. The molecule has 0 unspecified atom stereocenters. The van der Waals surface area contributed by atoms with Gasteiger partial charge in [0.1, 0.15) is 5.01 Å². The predicted octanol–water partition coefficient (Wildman–Crippen LogP) is 2.61. The van der Waals surface area contributed by atoms with Crippen molar-refractivity contribution in [2.24, 2.45) is 0 Å². The Balaban J connectivity index is 2.13. The van der Waals surface area contributed by atoms with Gasteiger partial charge < -0.3 is 5.73 Å². The molecule has 3 aromatic rings. The number of rotatable bonds is 2. The molecule has 8 nitrogen and oxygen atoms in total. The number of hydrogen-bond acceptors (Lipinski definition) is 7. The summed E-state index contributed by atoms with van der Waals surface area (Å²) in [5.74, 6) is -0.400. The third-order valence-corrected chi connectivity index (χ3v) is 4.55. The quantitative estimate of drug-likeness (QED) is 0.563. The van der Waals surface area contributed by atoms with Gasteiger partial charge in [0.05, 0.1) is 4.92 Å². The summed E-state index contributed by atoms with van der Waals surface area (Å²) in [6.45, 7) is 6.35. The zero-order chi connectivity index (χ0) is 17.6. The zero-order valence-corrected chi connectivity index (χ0v) is 14.1. The Kier molecular flexibility index (Phi) is 3.60. The molecule has 3 rings (SSSR count). The number of nitrogens with zero attached hydrogens (tertiary/aromatic N) is 4. The molecule has 0 aliphatic rings. The first-order valence-corrected chi connectivity index (χ1v) is 7.95. The number of nitrogens with two attached hydrogens (primary N) is 1. The number of aromatic nitrogens is 3. The van der Waals surface area contributed by atoms with Crippen LogP contribution in [0.2, 0.25) is 0 Å². The molecule has 0 fully saturated rings. The average Bonchev–Trinajstić information content (AvgIpc) is 2.90. The highest BCUT2D eigenvalue weighted by Crippen LogP contribution is 2.29. The minimum atomic E-state index is -0.878. The maximum absolute atomic E-state index is 12.2.